The fourth-order valence-electron chi connectivity index (χ4n) is 3.14. The molecule has 0 saturated carbocycles. The third-order valence-electron chi connectivity index (χ3n) is 4.64. The van der Waals surface area contributed by atoms with E-state index in [1.54, 1.807) is 30.5 Å². The van der Waals surface area contributed by atoms with Gasteiger partial charge in [0.1, 0.15) is 18.2 Å². The van der Waals surface area contributed by atoms with Crippen LogP contribution in [0.25, 0.3) is 10.9 Å². The number of methoxy groups -OCH3 is 1. The highest BCUT2D eigenvalue weighted by Crippen LogP contribution is 2.29. The van der Waals surface area contributed by atoms with E-state index in [0.717, 1.165) is 5.39 Å². The number of amides is 1. The van der Waals surface area contributed by atoms with Gasteiger partial charge in [-0.2, -0.15) is 4.98 Å². The van der Waals surface area contributed by atoms with Crippen LogP contribution in [0.4, 0.5) is 16.6 Å². The first kappa shape index (κ1) is 19.0. The number of halogens is 1. The Morgan fingerprint density at radius 2 is 2.17 bits per heavy atom. The van der Waals surface area contributed by atoms with E-state index in [2.05, 4.69) is 20.3 Å². The molecule has 10 heteroatoms. The maximum absolute atomic E-state index is 12.6. The highest BCUT2D eigenvalue weighted by Gasteiger charge is 2.25. The lowest BCUT2D eigenvalue weighted by Gasteiger charge is -2.16. The largest absolute Gasteiger partial charge is 0.495 e. The van der Waals surface area contributed by atoms with Crippen molar-refractivity contribution in [2.45, 2.75) is 13.0 Å². The van der Waals surface area contributed by atoms with Gasteiger partial charge in [0.05, 0.1) is 30.2 Å². The van der Waals surface area contributed by atoms with Crippen molar-refractivity contribution in [2.24, 2.45) is 0 Å². The number of nitrogens with one attached hydrogen (secondary N) is 2. The molecule has 4 rings (SSSR count). The Balaban J connectivity index is 1.62. The number of carbonyl (C=O) groups is 1. The quantitative estimate of drug-likeness (QED) is 0.658. The maximum Gasteiger partial charge on any atom is 0.415 e. The van der Waals surface area contributed by atoms with E-state index in [1.807, 2.05) is 6.92 Å². The molecule has 3 heterocycles. The van der Waals surface area contributed by atoms with Gasteiger partial charge < -0.3 is 19.8 Å². The van der Waals surface area contributed by atoms with Gasteiger partial charge in [0.25, 0.3) is 5.56 Å². The third-order valence-corrected chi connectivity index (χ3v) is 4.93. The van der Waals surface area contributed by atoms with Gasteiger partial charge in [-0.25, -0.2) is 9.78 Å². The highest BCUT2D eigenvalue weighted by atomic mass is 35.5. The zero-order valence-corrected chi connectivity index (χ0v) is 16.5. The van der Waals surface area contributed by atoms with Gasteiger partial charge in [-0.15, -0.1) is 0 Å². The van der Waals surface area contributed by atoms with E-state index >= 15 is 0 Å². The molecule has 0 bridgehead atoms. The molecule has 29 heavy (non-hydrogen) atoms. The standard InChI is InChI=1S/C19H18ClN5O4/c1-10(22-18-21-4-3-16(24-18)25-5-6-29-19(25)27)12-7-11-8-13(20)15(28-2)9-14(11)23-17(12)26/h3-4,7-10H,5-6H2,1-2H3,(H,23,26)(H,21,22,24). The van der Waals surface area contributed by atoms with Gasteiger partial charge in [0, 0.05) is 23.2 Å². The Morgan fingerprint density at radius 3 is 2.90 bits per heavy atom. The SMILES string of the molecule is COc1cc2[nH]c(=O)c(C(C)Nc3nccc(N4CCOC4=O)n3)cc2cc1Cl. The van der Waals surface area contributed by atoms with E-state index in [9.17, 15) is 9.59 Å². The number of nitrogens with zero attached hydrogens (tertiary/aromatic N) is 3. The van der Waals surface area contributed by atoms with Crippen LogP contribution in [0.5, 0.6) is 5.75 Å². The second-order valence-electron chi connectivity index (χ2n) is 6.50. The predicted octanol–water partition coefficient (Wildman–Crippen LogP) is 3.11. The summed E-state index contributed by atoms with van der Waals surface area (Å²) in [6.07, 6.45) is 1.10. The first-order valence-corrected chi connectivity index (χ1v) is 9.28. The fourth-order valence-corrected chi connectivity index (χ4v) is 3.39. The van der Waals surface area contributed by atoms with E-state index < -0.39 is 12.1 Å². The van der Waals surface area contributed by atoms with Crippen molar-refractivity contribution >= 4 is 40.4 Å². The second kappa shape index (κ2) is 7.59. The molecule has 1 aliphatic heterocycles. The summed E-state index contributed by atoms with van der Waals surface area (Å²) >= 11 is 6.20. The fraction of sp³-hybridized carbons (Fsp3) is 0.263. The topological polar surface area (TPSA) is 109 Å². The lowest BCUT2D eigenvalue weighted by Crippen LogP contribution is -2.25. The second-order valence-corrected chi connectivity index (χ2v) is 6.91. The van der Waals surface area contributed by atoms with Crippen LogP contribution in [-0.2, 0) is 4.74 Å². The molecule has 9 nitrogen and oxygen atoms in total. The number of hydrogen-bond donors (Lipinski definition) is 2. The summed E-state index contributed by atoms with van der Waals surface area (Å²) in [5.41, 5.74) is 0.868. The summed E-state index contributed by atoms with van der Waals surface area (Å²) in [4.78, 5) is 37.1. The van der Waals surface area contributed by atoms with Crippen LogP contribution in [0.2, 0.25) is 5.02 Å². The van der Waals surface area contributed by atoms with Crippen LogP contribution in [0.3, 0.4) is 0 Å². The normalized spacial score (nSPS) is 14.7. The van der Waals surface area contributed by atoms with Crippen molar-refractivity contribution in [3.63, 3.8) is 0 Å². The van der Waals surface area contributed by atoms with Crippen LogP contribution in [-0.4, -0.2) is 41.3 Å². The minimum Gasteiger partial charge on any atom is -0.495 e. The third kappa shape index (κ3) is 3.68. The zero-order valence-electron chi connectivity index (χ0n) is 15.7. The zero-order chi connectivity index (χ0) is 20.5. The molecule has 2 N–H and O–H groups in total. The van der Waals surface area contributed by atoms with E-state index in [1.165, 1.54) is 12.0 Å². The van der Waals surface area contributed by atoms with Gasteiger partial charge in [-0.3, -0.25) is 9.69 Å². The van der Waals surface area contributed by atoms with Crippen LogP contribution in [0, 0.1) is 0 Å². The van der Waals surface area contributed by atoms with Crippen LogP contribution in [0.15, 0.2) is 35.3 Å². The summed E-state index contributed by atoms with van der Waals surface area (Å²) in [5.74, 6) is 1.21. The number of carbonyl (C=O) groups excluding carboxylic acids is 1. The Hall–Kier alpha value is -3.33. The molecular formula is C19H18ClN5O4. The number of rotatable bonds is 5. The number of H-pyrrole nitrogens is 1. The molecule has 1 atom stereocenters. The number of cyclic esters (lactones) is 1. The summed E-state index contributed by atoms with van der Waals surface area (Å²) in [5, 5.41) is 4.32. The molecule has 1 saturated heterocycles. The predicted molar refractivity (Wildman–Crippen MR) is 109 cm³/mol. The minimum atomic E-state index is -0.444. The lowest BCUT2D eigenvalue weighted by molar-refractivity contribution is 0.181. The smallest absolute Gasteiger partial charge is 0.415 e. The Kier molecular flexibility index (Phi) is 4.98. The molecule has 0 spiro atoms. The molecule has 1 aromatic carbocycles. The maximum atomic E-state index is 12.6. The summed E-state index contributed by atoms with van der Waals surface area (Å²) in [6, 6.07) is 6.41. The number of hydrogen-bond acceptors (Lipinski definition) is 7. The Morgan fingerprint density at radius 1 is 1.34 bits per heavy atom. The number of aromatic nitrogens is 3. The van der Waals surface area contributed by atoms with Crippen molar-refractivity contribution in [2.75, 3.05) is 30.5 Å². The van der Waals surface area contributed by atoms with E-state index in [4.69, 9.17) is 21.1 Å². The van der Waals surface area contributed by atoms with Gasteiger partial charge in [0.2, 0.25) is 5.95 Å². The molecule has 1 aliphatic rings. The number of aromatic amines is 1. The molecule has 1 amide bonds. The van der Waals surface area contributed by atoms with Crippen molar-refractivity contribution < 1.29 is 14.3 Å². The molecule has 0 aliphatic carbocycles. The Bertz CT molecular complexity index is 1150. The van der Waals surface area contributed by atoms with Crippen molar-refractivity contribution in [1.29, 1.82) is 0 Å². The van der Waals surface area contributed by atoms with Gasteiger partial charge in [-0.05, 0) is 25.1 Å². The number of fused-ring (bicyclic) bond motifs is 1. The van der Waals surface area contributed by atoms with Crippen molar-refractivity contribution in [1.82, 2.24) is 15.0 Å². The molecule has 3 aromatic rings. The van der Waals surface area contributed by atoms with Crippen LogP contribution < -0.4 is 20.5 Å². The summed E-state index contributed by atoms with van der Waals surface area (Å²) in [6.45, 7) is 2.57. The molecular weight excluding hydrogens is 398 g/mol. The molecule has 150 valence electrons. The van der Waals surface area contributed by atoms with Gasteiger partial charge >= 0.3 is 6.09 Å². The Labute approximate surface area is 170 Å². The molecule has 1 unspecified atom stereocenters. The van der Waals surface area contributed by atoms with E-state index in [-0.39, 0.29) is 5.56 Å². The number of benzene rings is 1. The molecule has 1 fully saturated rings. The average molecular weight is 416 g/mol. The molecule has 2 aromatic heterocycles. The van der Waals surface area contributed by atoms with Crippen LogP contribution in [0.1, 0.15) is 18.5 Å². The minimum absolute atomic E-state index is 0.249. The van der Waals surface area contributed by atoms with Gasteiger partial charge in [0.15, 0.2) is 0 Å². The summed E-state index contributed by atoms with van der Waals surface area (Å²) in [7, 11) is 1.52. The molecule has 0 radical (unpaired) electrons. The van der Waals surface area contributed by atoms with Crippen molar-refractivity contribution in [3.8, 4) is 5.75 Å². The summed E-state index contributed by atoms with van der Waals surface area (Å²) < 4.78 is 10.1. The monoisotopic (exact) mass is 415 g/mol. The average Bonchev–Trinajstić information content (AvgIpc) is 3.13. The number of ether oxygens (including phenoxy) is 2. The van der Waals surface area contributed by atoms with Crippen molar-refractivity contribution in [3.05, 3.63) is 51.4 Å². The first-order valence-electron chi connectivity index (χ1n) is 8.90. The number of pyridine rings is 1. The van der Waals surface area contributed by atoms with Gasteiger partial charge in [-0.1, -0.05) is 11.6 Å². The highest BCUT2D eigenvalue weighted by molar-refractivity contribution is 6.32. The van der Waals surface area contributed by atoms with E-state index in [0.29, 0.717) is 46.8 Å². The first-order chi connectivity index (χ1) is 14.0. The lowest BCUT2D eigenvalue weighted by atomic mass is 10.1. The van der Waals surface area contributed by atoms with Crippen LogP contribution >= 0.6 is 11.6 Å². The number of anilines is 2.